The first kappa shape index (κ1) is 37.8. The number of nitrogens with zero attached hydrogens (tertiary/aromatic N) is 5. The fourth-order valence-corrected chi connectivity index (χ4v) is 9.91. The summed E-state index contributed by atoms with van der Waals surface area (Å²) in [5, 5.41) is 3.00. The average Bonchev–Trinajstić information content (AvgIpc) is 3.73. The highest BCUT2D eigenvalue weighted by molar-refractivity contribution is 7.89. The number of amides is 2. The number of hydrogen-bond acceptors (Lipinski definition) is 8. The molecule has 4 aliphatic rings. The molecule has 0 unspecified atom stereocenters. The van der Waals surface area contributed by atoms with Crippen molar-refractivity contribution in [3.8, 4) is 0 Å². The molecule has 0 bridgehead atoms. The number of carbonyl (C=O) groups is 2. The molecule has 1 aromatic carbocycles. The molecule has 280 valence electrons. The molecule has 12 nitrogen and oxygen atoms in total. The van der Waals surface area contributed by atoms with E-state index >= 15 is 8.78 Å². The van der Waals surface area contributed by atoms with Gasteiger partial charge >= 0.3 is 0 Å². The van der Waals surface area contributed by atoms with E-state index in [9.17, 15) is 18.0 Å². The quantitative estimate of drug-likeness (QED) is 0.221. The van der Waals surface area contributed by atoms with Crippen molar-refractivity contribution in [2.24, 2.45) is 23.3 Å². The van der Waals surface area contributed by atoms with Gasteiger partial charge in [0.05, 0.1) is 37.6 Å². The van der Waals surface area contributed by atoms with Gasteiger partial charge < -0.3 is 31.1 Å². The van der Waals surface area contributed by atoms with Crippen LogP contribution in [0.2, 0.25) is 5.15 Å². The van der Waals surface area contributed by atoms with Gasteiger partial charge in [0.2, 0.25) is 21.8 Å². The predicted octanol–water partition coefficient (Wildman–Crippen LogP) is 2.89. The van der Waals surface area contributed by atoms with Crippen molar-refractivity contribution in [2.45, 2.75) is 61.8 Å². The second kappa shape index (κ2) is 15.6. The minimum absolute atomic E-state index is 0.0574. The Labute approximate surface area is 304 Å². The van der Waals surface area contributed by atoms with Gasteiger partial charge in [-0.05, 0) is 62.1 Å². The number of piperazine rings is 1. The number of sulfonamides is 1. The van der Waals surface area contributed by atoms with Gasteiger partial charge in [-0.25, -0.2) is 22.2 Å². The molecule has 0 spiro atoms. The van der Waals surface area contributed by atoms with Crippen LogP contribution >= 0.6 is 11.6 Å². The lowest BCUT2D eigenvalue weighted by Crippen LogP contribution is -2.52. The zero-order chi connectivity index (χ0) is 36.4. The van der Waals surface area contributed by atoms with Crippen LogP contribution in [0.15, 0.2) is 41.3 Å². The number of quaternary nitrogens is 1. The number of nitrogens with one attached hydrogen (secondary N) is 1. The number of anilines is 2. The number of aromatic nitrogens is 1. The molecular formula is C35H50ClF2N8O4S+. The summed E-state index contributed by atoms with van der Waals surface area (Å²) in [6, 6.07) is 8.49. The number of carbonyl (C=O) groups excluding carboxylic acids is 2. The van der Waals surface area contributed by atoms with Crippen molar-refractivity contribution >= 4 is 44.9 Å². The molecule has 6 rings (SSSR count). The number of alkyl halides is 2. The van der Waals surface area contributed by atoms with Crippen molar-refractivity contribution in [1.29, 1.82) is 0 Å². The zero-order valence-corrected chi connectivity index (χ0v) is 30.6. The van der Waals surface area contributed by atoms with Crippen LogP contribution in [0.5, 0.6) is 0 Å². The minimum atomic E-state index is -3.83. The standard InChI is InChI=1S/C35H49ClF2N8O4S/c36-31-21-27(35(37,38)26-5-3-25(4-6-26)34(48)41-12-20-46(19-11-39)17-1-2-18-46)22-32(42-31)43-13-15-44(16-14-43)51(49,50)30-9-7-29(8-10-30)45-24-28(40)23-33(45)47/h7-10,21-22,25-26,28H,1-6,11-20,23-24,39-40H2/p+1/t25-,26-,28-/m1/s1. The summed E-state index contributed by atoms with van der Waals surface area (Å²) in [5.41, 5.74) is 12.1. The topological polar surface area (TPSA) is 155 Å². The Bertz CT molecular complexity index is 1660. The number of pyridine rings is 1. The normalized spacial score (nSPS) is 24.6. The fourth-order valence-electron chi connectivity index (χ4n) is 8.28. The van der Waals surface area contributed by atoms with Crippen molar-refractivity contribution in [1.82, 2.24) is 14.6 Å². The Balaban J connectivity index is 1.02. The lowest BCUT2D eigenvalue weighted by atomic mass is 9.77. The van der Waals surface area contributed by atoms with Crippen LogP contribution < -0.4 is 26.6 Å². The molecule has 3 saturated heterocycles. The summed E-state index contributed by atoms with van der Waals surface area (Å²) in [6.07, 6.45) is 3.82. The van der Waals surface area contributed by atoms with Crippen LogP contribution in [0.1, 0.15) is 50.5 Å². The van der Waals surface area contributed by atoms with Crippen molar-refractivity contribution in [2.75, 3.05) is 81.8 Å². The summed E-state index contributed by atoms with van der Waals surface area (Å²) in [6.45, 7) is 6.23. The number of hydrogen-bond donors (Lipinski definition) is 3. The molecule has 2 aromatic rings. The Kier molecular flexibility index (Phi) is 11.5. The van der Waals surface area contributed by atoms with Gasteiger partial charge in [-0.3, -0.25) is 9.59 Å². The molecule has 16 heteroatoms. The lowest BCUT2D eigenvalue weighted by Gasteiger charge is -2.36. The molecule has 0 radical (unpaired) electrons. The number of rotatable bonds is 12. The van der Waals surface area contributed by atoms with Crippen LogP contribution in [0.4, 0.5) is 20.3 Å². The van der Waals surface area contributed by atoms with Gasteiger partial charge in [-0.15, -0.1) is 0 Å². The van der Waals surface area contributed by atoms with Gasteiger partial charge in [-0.2, -0.15) is 4.31 Å². The first-order valence-corrected chi connectivity index (χ1v) is 19.9. The maximum absolute atomic E-state index is 16.0. The Morgan fingerprint density at radius 3 is 2.29 bits per heavy atom. The third-order valence-electron chi connectivity index (χ3n) is 11.3. The van der Waals surface area contributed by atoms with E-state index in [2.05, 4.69) is 10.3 Å². The van der Waals surface area contributed by atoms with Crippen LogP contribution in [-0.2, 0) is 25.5 Å². The molecule has 2 amide bonds. The Morgan fingerprint density at radius 2 is 1.69 bits per heavy atom. The highest BCUT2D eigenvalue weighted by atomic mass is 35.5. The second-order valence-electron chi connectivity index (χ2n) is 14.6. The third kappa shape index (κ3) is 8.33. The van der Waals surface area contributed by atoms with Crippen LogP contribution in [0, 0.1) is 11.8 Å². The third-order valence-corrected chi connectivity index (χ3v) is 13.4. The van der Waals surface area contributed by atoms with E-state index in [4.69, 9.17) is 23.1 Å². The van der Waals surface area contributed by atoms with E-state index in [0.29, 0.717) is 38.2 Å². The van der Waals surface area contributed by atoms with Crippen molar-refractivity contribution in [3.05, 3.63) is 47.1 Å². The highest BCUT2D eigenvalue weighted by Crippen LogP contribution is 2.46. The maximum Gasteiger partial charge on any atom is 0.276 e. The van der Waals surface area contributed by atoms with E-state index in [1.54, 1.807) is 21.9 Å². The first-order chi connectivity index (χ1) is 24.3. The number of nitrogens with two attached hydrogens (primary N) is 2. The minimum Gasteiger partial charge on any atom is -0.354 e. The van der Waals surface area contributed by atoms with E-state index in [0.717, 1.165) is 30.7 Å². The average molecular weight is 752 g/mol. The summed E-state index contributed by atoms with van der Waals surface area (Å²) >= 11 is 6.29. The van der Waals surface area contributed by atoms with Gasteiger partial charge in [0.1, 0.15) is 11.0 Å². The molecule has 5 N–H and O–H groups in total. The summed E-state index contributed by atoms with van der Waals surface area (Å²) in [4.78, 5) is 32.9. The largest absolute Gasteiger partial charge is 0.354 e. The van der Waals surface area contributed by atoms with E-state index < -0.39 is 21.9 Å². The van der Waals surface area contributed by atoms with Crippen LogP contribution in [0.25, 0.3) is 0 Å². The predicted molar refractivity (Wildman–Crippen MR) is 192 cm³/mol. The number of likely N-dealkylation sites (tertiary alicyclic amines) is 1. The monoisotopic (exact) mass is 751 g/mol. The molecule has 1 atom stereocenters. The summed E-state index contributed by atoms with van der Waals surface area (Å²) in [7, 11) is -3.83. The highest BCUT2D eigenvalue weighted by Gasteiger charge is 2.45. The smallest absolute Gasteiger partial charge is 0.276 e. The number of halogens is 3. The van der Waals surface area contributed by atoms with E-state index in [1.165, 1.54) is 41.4 Å². The van der Waals surface area contributed by atoms with E-state index in [1.807, 2.05) is 0 Å². The molecule has 1 aliphatic carbocycles. The Morgan fingerprint density at radius 1 is 1.02 bits per heavy atom. The van der Waals surface area contributed by atoms with Gasteiger partial charge in [0.25, 0.3) is 5.92 Å². The molecule has 1 aromatic heterocycles. The maximum atomic E-state index is 16.0. The van der Waals surface area contributed by atoms with Gasteiger partial charge in [-0.1, -0.05) is 11.6 Å². The zero-order valence-electron chi connectivity index (χ0n) is 29.0. The van der Waals surface area contributed by atoms with Crippen molar-refractivity contribution in [3.63, 3.8) is 0 Å². The summed E-state index contributed by atoms with van der Waals surface area (Å²) in [5.74, 6) is -4.29. The van der Waals surface area contributed by atoms with Crippen molar-refractivity contribution < 1.29 is 31.3 Å². The van der Waals surface area contributed by atoms with Gasteiger partial charge in [0.15, 0.2) is 0 Å². The Hall–Kier alpha value is -2.95. The molecular weight excluding hydrogens is 702 g/mol. The molecule has 4 heterocycles. The molecule has 1 saturated carbocycles. The van der Waals surface area contributed by atoms with Crippen LogP contribution in [0.3, 0.4) is 0 Å². The summed E-state index contributed by atoms with van der Waals surface area (Å²) < 4.78 is 61.2. The fraction of sp³-hybridized carbons (Fsp3) is 0.629. The molecule has 51 heavy (non-hydrogen) atoms. The lowest BCUT2D eigenvalue weighted by molar-refractivity contribution is -0.914. The molecule has 4 fully saturated rings. The first-order valence-electron chi connectivity index (χ1n) is 18.1. The second-order valence-corrected chi connectivity index (χ2v) is 16.9. The SMILES string of the molecule is NCC[N+]1(CCNC(=O)[C@H]2CC[C@H](C(F)(F)c3cc(Cl)nc(N4CCN(S(=O)(=O)c5ccc(N6C[C@H](N)CC6=O)cc5)CC4)c3)CC2)CCCC1. The van der Waals surface area contributed by atoms with E-state index in [-0.39, 0.29) is 90.6 Å². The van der Waals surface area contributed by atoms with Gasteiger partial charge in [0, 0.05) is 87.7 Å². The number of benzene rings is 1. The van der Waals surface area contributed by atoms with Crippen LogP contribution in [-0.4, -0.2) is 112 Å². The molecule has 3 aliphatic heterocycles.